The molecule has 0 saturated carbocycles. The fourth-order valence-corrected chi connectivity index (χ4v) is 5.38. The Morgan fingerprint density at radius 3 is 2.33 bits per heavy atom. The van der Waals surface area contributed by atoms with Gasteiger partial charge in [-0.15, -0.1) is 0 Å². The first-order valence-electron chi connectivity index (χ1n) is 14.7. The van der Waals surface area contributed by atoms with E-state index in [1.54, 1.807) is 31.2 Å². The largest absolute Gasteiger partial charge is 0.490 e. The predicted molar refractivity (Wildman–Crippen MR) is 161 cm³/mol. The number of halogens is 2. The molecule has 1 aliphatic rings. The molecule has 0 aliphatic carbocycles. The lowest BCUT2D eigenvalue weighted by Gasteiger charge is -2.40. The number of piperidine rings is 1. The molecule has 4 rings (SSSR count). The van der Waals surface area contributed by atoms with Gasteiger partial charge in [-0.3, -0.25) is 9.78 Å². The molecule has 0 bridgehead atoms. The summed E-state index contributed by atoms with van der Waals surface area (Å²) in [6.45, 7) is 13.3. The Kier molecular flexibility index (Phi) is 9.87. The highest BCUT2D eigenvalue weighted by Crippen LogP contribution is 2.44. The van der Waals surface area contributed by atoms with Gasteiger partial charge in [-0.1, -0.05) is 32.0 Å². The number of aromatic nitrogens is 1. The number of benzene rings is 2. The quantitative estimate of drug-likeness (QED) is 0.257. The molecule has 1 saturated heterocycles. The van der Waals surface area contributed by atoms with Crippen LogP contribution in [0.2, 0.25) is 0 Å². The minimum absolute atomic E-state index is 0.0202. The van der Waals surface area contributed by atoms with E-state index in [0.29, 0.717) is 28.9 Å². The van der Waals surface area contributed by atoms with Crippen LogP contribution in [0.1, 0.15) is 76.1 Å². The van der Waals surface area contributed by atoms with E-state index in [0.717, 1.165) is 42.7 Å². The lowest BCUT2D eigenvalue weighted by atomic mass is 9.82. The first kappa shape index (κ1) is 31.4. The lowest BCUT2D eigenvalue weighted by Crippen LogP contribution is -2.38. The molecule has 1 atom stereocenters. The van der Waals surface area contributed by atoms with Gasteiger partial charge in [0.05, 0.1) is 36.6 Å². The summed E-state index contributed by atoms with van der Waals surface area (Å²) < 4.78 is 39.9. The van der Waals surface area contributed by atoms with Crippen molar-refractivity contribution in [3.05, 3.63) is 76.6 Å². The highest BCUT2D eigenvalue weighted by molar-refractivity contribution is 5.87. The summed E-state index contributed by atoms with van der Waals surface area (Å²) in [4.78, 5) is 19.9. The van der Waals surface area contributed by atoms with Crippen LogP contribution in [0.25, 0.3) is 11.1 Å². The average Bonchev–Trinajstić information content (AvgIpc) is 2.91. The number of nitrogens with zero attached hydrogens (tertiary/aromatic N) is 2. The number of aliphatic hydroxyl groups excluding tert-OH is 1. The van der Waals surface area contributed by atoms with Crippen molar-refractivity contribution in [3.63, 3.8) is 0 Å². The number of esters is 1. The zero-order valence-electron chi connectivity index (χ0n) is 25.5. The van der Waals surface area contributed by atoms with Crippen molar-refractivity contribution in [2.45, 2.75) is 79.4 Å². The normalized spacial score (nSPS) is 15.5. The van der Waals surface area contributed by atoms with E-state index in [2.05, 4.69) is 18.7 Å². The van der Waals surface area contributed by atoms with Gasteiger partial charge >= 0.3 is 5.97 Å². The number of rotatable bonds is 10. The lowest BCUT2D eigenvalue weighted by molar-refractivity contribution is -0.146. The van der Waals surface area contributed by atoms with E-state index in [1.807, 2.05) is 20.8 Å². The summed E-state index contributed by atoms with van der Waals surface area (Å²) in [6.07, 6.45) is 1.23. The maximum atomic E-state index is 15.5. The Bertz CT molecular complexity index is 1390. The Hall–Kier alpha value is -3.52. The van der Waals surface area contributed by atoms with Crippen LogP contribution in [0, 0.1) is 24.0 Å². The van der Waals surface area contributed by atoms with Gasteiger partial charge in [0.1, 0.15) is 5.82 Å². The smallest absolute Gasteiger partial charge is 0.310 e. The number of ether oxygens (including phenoxy) is 2. The molecule has 1 N–H and O–H groups in total. The van der Waals surface area contributed by atoms with Gasteiger partial charge in [-0.05, 0) is 81.3 Å². The Morgan fingerprint density at radius 1 is 1.07 bits per heavy atom. The molecule has 1 fully saturated rings. The third-order valence-corrected chi connectivity index (χ3v) is 7.80. The second kappa shape index (κ2) is 13.2. The molecule has 1 unspecified atom stereocenters. The van der Waals surface area contributed by atoms with E-state index in [4.69, 9.17) is 14.5 Å². The van der Waals surface area contributed by atoms with Crippen LogP contribution in [0.5, 0.6) is 5.75 Å². The highest BCUT2D eigenvalue weighted by Gasteiger charge is 2.32. The van der Waals surface area contributed by atoms with Gasteiger partial charge in [0.15, 0.2) is 11.6 Å². The number of hydrogen-bond donors (Lipinski definition) is 1. The minimum atomic E-state index is -0.926. The zero-order chi connectivity index (χ0) is 30.6. The van der Waals surface area contributed by atoms with Crippen molar-refractivity contribution in [1.29, 1.82) is 0 Å². The van der Waals surface area contributed by atoms with Crippen molar-refractivity contribution in [1.82, 2.24) is 4.98 Å². The summed E-state index contributed by atoms with van der Waals surface area (Å²) in [7, 11) is 0. The summed E-state index contributed by atoms with van der Waals surface area (Å²) in [5.41, 5.74) is 4.80. The number of pyridine rings is 1. The molecule has 3 aromatic rings. The number of hydrogen-bond acceptors (Lipinski definition) is 6. The van der Waals surface area contributed by atoms with Gasteiger partial charge in [0.2, 0.25) is 0 Å². The molecule has 6 nitrogen and oxygen atoms in total. The van der Waals surface area contributed by atoms with Gasteiger partial charge in [0, 0.05) is 36.3 Å². The number of carbonyl (C=O) groups is 1. The van der Waals surface area contributed by atoms with Gasteiger partial charge in [0.25, 0.3) is 0 Å². The van der Waals surface area contributed by atoms with Crippen LogP contribution < -0.4 is 9.64 Å². The standard InChI is InChI=1S/C34H42F2N2O4/c1-21(2)42-30(40)20-27-22(3)37-32(23(4)39)31(33(27)38-16-14-34(5,6)15-17-38)25-9-12-29(28(36)19-25)41-18-13-24-7-10-26(35)11-8-24/h7-12,19,21,23,39H,13-18,20H2,1-6H3. The number of anilines is 1. The summed E-state index contributed by atoms with van der Waals surface area (Å²) in [5.74, 6) is -1.12. The van der Waals surface area contributed by atoms with E-state index in [-0.39, 0.29) is 42.1 Å². The Balaban J connectivity index is 1.74. The molecular weight excluding hydrogens is 538 g/mol. The first-order valence-corrected chi connectivity index (χ1v) is 14.7. The van der Waals surface area contributed by atoms with Gasteiger partial charge < -0.3 is 19.5 Å². The maximum absolute atomic E-state index is 15.5. The predicted octanol–water partition coefficient (Wildman–Crippen LogP) is 7.13. The van der Waals surface area contributed by atoms with Gasteiger partial charge in [-0.2, -0.15) is 0 Å². The fraction of sp³-hybridized carbons (Fsp3) is 0.471. The molecule has 1 aromatic heterocycles. The van der Waals surface area contributed by atoms with Crippen LogP contribution in [0.15, 0.2) is 42.5 Å². The highest BCUT2D eigenvalue weighted by atomic mass is 19.1. The van der Waals surface area contributed by atoms with Crippen LogP contribution >= 0.6 is 0 Å². The van der Waals surface area contributed by atoms with Crippen molar-refractivity contribution in [2.24, 2.45) is 5.41 Å². The van der Waals surface area contributed by atoms with Crippen molar-refractivity contribution >= 4 is 11.7 Å². The molecule has 42 heavy (non-hydrogen) atoms. The molecular formula is C34H42F2N2O4. The van der Waals surface area contributed by atoms with Crippen molar-refractivity contribution in [3.8, 4) is 16.9 Å². The molecule has 0 amide bonds. The maximum Gasteiger partial charge on any atom is 0.310 e. The second-order valence-electron chi connectivity index (χ2n) is 12.2. The fourth-order valence-electron chi connectivity index (χ4n) is 5.38. The summed E-state index contributed by atoms with van der Waals surface area (Å²) in [6, 6.07) is 10.9. The van der Waals surface area contributed by atoms with Crippen LogP contribution in [0.3, 0.4) is 0 Å². The molecule has 2 aromatic carbocycles. The van der Waals surface area contributed by atoms with Crippen molar-refractivity contribution < 1.29 is 28.2 Å². The topological polar surface area (TPSA) is 71.9 Å². The summed E-state index contributed by atoms with van der Waals surface area (Å²) in [5, 5.41) is 10.8. The number of aliphatic hydroxyl groups is 1. The monoisotopic (exact) mass is 580 g/mol. The van der Waals surface area contributed by atoms with Crippen LogP contribution in [-0.2, 0) is 22.4 Å². The number of carbonyl (C=O) groups excluding carboxylic acids is 1. The number of aryl methyl sites for hydroxylation is 1. The average molecular weight is 581 g/mol. The Morgan fingerprint density at radius 2 is 1.74 bits per heavy atom. The molecule has 226 valence electrons. The molecule has 2 heterocycles. The van der Waals surface area contributed by atoms with E-state index < -0.39 is 11.9 Å². The minimum Gasteiger partial charge on any atom is -0.490 e. The zero-order valence-corrected chi connectivity index (χ0v) is 25.5. The second-order valence-corrected chi connectivity index (χ2v) is 12.2. The van der Waals surface area contributed by atoms with Crippen molar-refractivity contribution in [2.75, 3.05) is 24.6 Å². The van der Waals surface area contributed by atoms with E-state index in [9.17, 15) is 14.3 Å². The third-order valence-electron chi connectivity index (χ3n) is 7.80. The van der Waals surface area contributed by atoms with E-state index in [1.165, 1.54) is 18.2 Å². The van der Waals surface area contributed by atoms with Crippen LogP contribution in [-0.4, -0.2) is 41.9 Å². The molecule has 0 radical (unpaired) electrons. The Labute approximate surface area is 247 Å². The van der Waals surface area contributed by atoms with E-state index >= 15 is 4.39 Å². The van der Waals surface area contributed by atoms with Gasteiger partial charge in [-0.25, -0.2) is 8.78 Å². The summed E-state index contributed by atoms with van der Waals surface area (Å²) >= 11 is 0. The van der Waals surface area contributed by atoms with Crippen LogP contribution in [0.4, 0.5) is 14.5 Å². The third kappa shape index (κ3) is 7.65. The molecule has 1 aliphatic heterocycles. The molecule has 8 heteroatoms. The SMILES string of the molecule is Cc1nc(C(C)O)c(-c2ccc(OCCc3ccc(F)cc3)c(F)c2)c(N2CCC(C)(C)CC2)c1CC(=O)OC(C)C. The molecule has 0 spiro atoms. The first-order chi connectivity index (χ1) is 19.8.